The summed E-state index contributed by atoms with van der Waals surface area (Å²) in [4.78, 5) is 11.8. The molecule has 0 aliphatic heterocycles. The lowest BCUT2D eigenvalue weighted by molar-refractivity contribution is -0.150. The van der Waals surface area contributed by atoms with Gasteiger partial charge in [-0.05, 0) is 30.5 Å². The Hall–Kier alpha value is -1.16. The van der Waals surface area contributed by atoms with Crippen molar-refractivity contribution in [2.45, 2.75) is 52.5 Å². The summed E-state index contributed by atoms with van der Waals surface area (Å²) in [5.74, 6) is 0.0992. The van der Waals surface area contributed by atoms with Gasteiger partial charge in [-0.25, -0.2) is 0 Å². The van der Waals surface area contributed by atoms with Crippen molar-refractivity contribution in [2.75, 3.05) is 5.32 Å². The molecular weight excluding hydrogens is 282 g/mol. The topological polar surface area (TPSA) is 38.3 Å². The Morgan fingerprint density at radius 1 is 1.14 bits per heavy atom. The van der Waals surface area contributed by atoms with Crippen molar-refractivity contribution in [1.29, 1.82) is 0 Å². The number of ether oxygens (including phenoxy) is 1. The van der Waals surface area contributed by atoms with Crippen molar-refractivity contribution >= 4 is 24.3 Å². The zero-order valence-corrected chi connectivity index (χ0v) is 14.5. The molecule has 0 aliphatic rings. The van der Waals surface area contributed by atoms with Crippen LogP contribution in [0.2, 0.25) is 0 Å². The molecule has 4 heteroatoms. The summed E-state index contributed by atoms with van der Waals surface area (Å²) in [6, 6.07) is 8.25. The van der Waals surface area contributed by atoms with E-state index in [4.69, 9.17) is 4.74 Å². The van der Waals surface area contributed by atoms with E-state index < -0.39 is 0 Å². The fourth-order valence-electron chi connectivity index (χ4n) is 1.64. The van der Waals surface area contributed by atoms with Gasteiger partial charge in [-0.3, -0.25) is 4.79 Å². The van der Waals surface area contributed by atoms with E-state index in [-0.39, 0.29) is 17.1 Å². The fraction of sp³-hybridized carbons (Fsp3) is 0.588. The molecule has 0 saturated carbocycles. The molecule has 1 rings (SSSR count). The number of thiol groups is 1. The van der Waals surface area contributed by atoms with Gasteiger partial charge in [-0.1, -0.05) is 39.8 Å². The summed E-state index contributed by atoms with van der Waals surface area (Å²) in [7, 11) is 0. The lowest BCUT2D eigenvalue weighted by Crippen LogP contribution is -2.23. The SMILES string of the molecule is CC(C)C(C)C(=O)OCc1ccc(NC(C)C(C)S)cc1. The molecule has 0 fully saturated rings. The number of carbonyl (C=O) groups excluding carboxylic acids is 1. The quantitative estimate of drug-likeness (QED) is 0.587. The van der Waals surface area contributed by atoms with Crippen molar-refractivity contribution in [3.63, 3.8) is 0 Å². The van der Waals surface area contributed by atoms with E-state index in [9.17, 15) is 4.79 Å². The monoisotopic (exact) mass is 309 g/mol. The summed E-state index contributed by atoms with van der Waals surface area (Å²) in [6.45, 7) is 10.4. The minimum atomic E-state index is -0.135. The van der Waals surface area contributed by atoms with E-state index in [0.717, 1.165) is 11.3 Å². The average molecular weight is 309 g/mol. The van der Waals surface area contributed by atoms with Crippen LogP contribution >= 0.6 is 12.6 Å². The van der Waals surface area contributed by atoms with Crippen LogP contribution in [0.4, 0.5) is 5.69 Å². The molecule has 0 heterocycles. The third-order valence-corrected chi connectivity index (χ3v) is 4.27. The molecule has 1 aromatic carbocycles. The first-order valence-corrected chi connectivity index (χ1v) is 8.03. The number of rotatable bonds is 7. The Balaban J connectivity index is 2.50. The lowest BCUT2D eigenvalue weighted by atomic mass is 9.99. The van der Waals surface area contributed by atoms with Crippen LogP contribution < -0.4 is 5.32 Å². The summed E-state index contributed by atoms with van der Waals surface area (Å²) < 4.78 is 5.34. The highest BCUT2D eigenvalue weighted by Gasteiger charge is 2.18. The molecule has 0 saturated heterocycles. The highest BCUT2D eigenvalue weighted by atomic mass is 32.1. The van der Waals surface area contributed by atoms with E-state index in [2.05, 4.69) is 31.8 Å². The number of carbonyl (C=O) groups is 1. The van der Waals surface area contributed by atoms with E-state index in [1.165, 1.54) is 0 Å². The minimum Gasteiger partial charge on any atom is -0.461 e. The van der Waals surface area contributed by atoms with Gasteiger partial charge in [0, 0.05) is 17.0 Å². The van der Waals surface area contributed by atoms with E-state index in [1.54, 1.807) is 0 Å². The molecule has 0 aliphatic carbocycles. The lowest BCUT2D eigenvalue weighted by Gasteiger charge is -2.18. The zero-order valence-electron chi connectivity index (χ0n) is 13.6. The van der Waals surface area contributed by atoms with Gasteiger partial charge in [0.05, 0.1) is 5.92 Å². The van der Waals surface area contributed by atoms with Crippen LogP contribution in [-0.4, -0.2) is 17.3 Å². The van der Waals surface area contributed by atoms with Crippen molar-refractivity contribution < 1.29 is 9.53 Å². The molecule has 118 valence electrons. The predicted molar refractivity (Wildman–Crippen MR) is 91.8 cm³/mol. The average Bonchev–Trinajstić information content (AvgIpc) is 2.45. The van der Waals surface area contributed by atoms with Crippen LogP contribution in [0.1, 0.15) is 40.2 Å². The molecule has 0 amide bonds. The Morgan fingerprint density at radius 2 is 1.71 bits per heavy atom. The second kappa shape index (κ2) is 8.32. The highest BCUT2D eigenvalue weighted by molar-refractivity contribution is 7.81. The molecule has 1 N–H and O–H groups in total. The van der Waals surface area contributed by atoms with Gasteiger partial charge in [0.15, 0.2) is 0 Å². The first-order chi connectivity index (χ1) is 9.81. The maximum atomic E-state index is 11.8. The second-order valence-corrected chi connectivity index (χ2v) is 6.83. The molecule has 1 aromatic rings. The van der Waals surface area contributed by atoms with E-state index in [0.29, 0.717) is 18.6 Å². The molecule has 21 heavy (non-hydrogen) atoms. The van der Waals surface area contributed by atoms with Crippen LogP contribution in [0.3, 0.4) is 0 Å². The third-order valence-electron chi connectivity index (χ3n) is 3.82. The molecule has 0 radical (unpaired) electrons. The number of anilines is 1. The van der Waals surface area contributed by atoms with Crippen molar-refractivity contribution in [1.82, 2.24) is 0 Å². The summed E-state index contributed by atoms with van der Waals surface area (Å²) in [6.07, 6.45) is 0. The summed E-state index contributed by atoms with van der Waals surface area (Å²) >= 11 is 4.42. The van der Waals surface area contributed by atoms with Crippen LogP contribution in [-0.2, 0) is 16.1 Å². The molecule has 3 nitrogen and oxygen atoms in total. The van der Waals surface area contributed by atoms with Crippen LogP contribution in [0.5, 0.6) is 0 Å². The third kappa shape index (κ3) is 6.00. The standard InChI is InChI=1S/C17H27NO2S/c1-11(2)12(3)17(19)20-10-15-6-8-16(9-7-15)18-13(4)14(5)21/h6-9,11-14,18,21H,10H2,1-5H3. The molecular formula is C17H27NO2S. The molecule has 0 spiro atoms. The smallest absolute Gasteiger partial charge is 0.309 e. The minimum absolute atomic E-state index is 0.0661. The Kier molecular flexibility index (Phi) is 7.09. The molecule has 0 aromatic heterocycles. The number of nitrogens with one attached hydrogen (secondary N) is 1. The van der Waals surface area contributed by atoms with Gasteiger partial charge < -0.3 is 10.1 Å². The van der Waals surface area contributed by atoms with Gasteiger partial charge in [0.25, 0.3) is 0 Å². The number of benzene rings is 1. The summed E-state index contributed by atoms with van der Waals surface area (Å²) in [5.41, 5.74) is 2.05. The van der Waals surface area contributed by atoms with Crippen molar-refractivity contribution in [3.05, 3.63) is 29.8 Å². The fourth-order valence-corrected chi connectivity index (χ4v) is 1.71. The largest absolute Gasteiger partial charge is 0.461 e. The van der Waals surface area contributed by atoms with Crippen LogP contribution in [0.25, 0.3) is 0 Å². The Morgan fingerprint density at radius 3 is 2.19 bits per heavy atom. The number of hydrogen-bond acceptors (Lipinski definition) is 4. The van der Waals surface area contributed by atoms with Gasteiger partial charge in [0.1, 0.15) is 6.61 Å². The molecule has 3 unspecified atom stereocenters. The van der Waals surface area contributed by atoms with E-state index in [1.807, 2.05) is 45.0 Å². The van der Waals surface area contributed by atoms with Gasteiger partial charge in [-0.15, -0.1) is 0 Å². The van der Waals surface area contributed by atoms with Gasteiger partial charge in [0.2, 0.25) is 0 Å². The van der Waals surface area contributed by atoms with Crippen LogP contribution in [0, 0.1) is 11.8 Å². The van der Waals surface area contributed by atoms with Crippen molar-refractivity contribution in [2.24, 2.45) is 11.8 Å². The summed E-state index contributed by atoms with van der Waals surface area (Å²) in [5, 5.41) is 3.66. The maximum Gasteiger partial charge on any atom is 0.309 e. The second-order valence-electron chi connectivity index (χ2n) is 6.01. The highest BCUT2D eigenvalue weighted by Crippen LogP contribution is 2.16. The number of hydrogen-bond donors (Lipinski definition) is 2. The van der Waals surface area contributed by atoms with Gasteiger partial charge >= 0.3 is 5.97 Å². The predicted octanol–water partition coefficient (Wildman–Crippen LogP) is 4.14. The number of esters is 1. The molecule has 0 bridgehead atoms. The first-order valence-electron chi connectivity index (χ1n) is 7.51. The zero-order chi connectivity index (χ0) is 16.0. The Bertz CT molecular complexity index is 443. The normalized spacial score (nSPS) is 15.4. The van der Waals surface area contributed by atoms with Crippen LogP contribution in [0.15, 0.2) is 24.3 Å². The maximum absolute atomic E-state index is 11.8. The van der Waals surface area contributed by atoms with E-state index >= 15 is 0 Å². The van der Waals surface area contributed by atoms with Gasteiger partial charge in [-0.2, -0.15) is 12.6 Å². The Labute approximate surface area is 133 Å². The molecule has 3 atom stereocenters. The first kappa shape index (κ1) is 17.9. The van der Waals surface area contributed by atoms with Crippen molar-refractivity contribution in [3.8, 4) is 0 Å².